The van der Waals surface area contributed by atoms with E-state index in [0.29, 0.717) is 18.0 Å². The van der Waals surface area contributed by atoms with Gasteiger partial charge >= 0.3 is 0 Å². The number of anilines is 2. The number of hydrogen-bond donors (Lipinski definition) is 2. The van der Waals surface area contributed by atoms with Gasteiger partial charge in [0.05, 0.1) is 17.1 Å². The maximum atomic E-state index is 11.4. The number of nitrogen functional groups attached to an aromatic ring is 1. The van der Waals surface area contributed by atoms with E-state index < -0.39 is 0 Å². The number of amides is 1. The molecule has 2 aromatic rings. The number of aromatic nitrogens is 2. The molecule has 1 aliphatic rings. The number of nitrogens with two attached hydrogens (primary N) is 1. The van der Waals surface area contributed by atoms with Crippen molar-refractivity contribution < 1.29 is 4.79 Å². The molecule has 0 spiro atoms. The van der Waals surface area contributed by atoms with Gasteiger partial charge < -0.3 is 11.1 Å². The van der Waals surface area contributed by atoms with Crippen molar-refractivity contribution in [1.29, 1.82) is 0 Å². The molecule has 0 atom stereocenters. The van der Waals surface area contributed by atoms with Crippen molar-refractivity contribution in [2.45, 2.75) is 32.6 Å². The predicted octanol–water partition coefficient (Wildman–Crippen LogP) is 2.46. The fraction of sp³-hybridized carbons (Fsp3) is 0.333. The molecule has 0 unspecified atom stereocenters. The Morgan fingerprint density at radius 2 is 2.15 bits per heavy atom. The van der Waals surface area contributed by atoms with Crippen molar-refractivity contribution >= 4 is 17.3 Å². The molecule has 3 N–H and O–H groups in total. The maximum absolute atomic E-state index is 11.4. The van der Waals surface area contributed by atoms with E-state index in [1.807, 2.05) is 24.4 Å². The van der Waals surface area contributed by atoms with Gasteiger partial charge in [-0.3, -0.25) is 4.79 Å². The number of nitrogens with one attached hydrogen (secondary N) is 1. The number of fused-ring (bicyclic) bond motifs is 1. The van der Waals surface area contributed by atoms with E-state index in [4.69, 9.17) is 5.73 Å². The van der Waals surface area contributed by atoms with Gasteiger partial charge in [-0.25, -0.2) is 4.68 Å². The molecule has 1 aromatic carbocycles. The van der Waals surface area contributed by atoms with Gasteiger partial charge in [-0.05, 0) is 36.1 Å². The molecular weight excluding hydrogens is 252 g/mol. The monoisotopic (exact) mass is 270 g/mol. The van der Waals surface area contributed by atoms with E-state index in [1.54, 1.807) is 4.68 Å². The molecule has 104 valence electrons. The van der Waals surface area contributed by atoms with Crippen LogP contribution in [0, 0.1) is 0 Å². The number of hydrogen-bond acceptors (Lipinski definition) is 3. The van der Waals surface area contributed by atoms with Crippen LogP contribution in [0.5, 0.6) is 0 Å². The molecule has 1 amide bonds. The van der Waals surface area contributed by atoms with Gasteiger partial charge in [0, 0.05) is 18.3 Å². The first-order chi connectivity index (χ1) is 9.54. The third kappa shape index (κ3) is 2.15. The highest BCUT2D eigenvalue weighted by molar-refractivity contribution is 5.95. The van der Waals surface area contributed by atoms with E-state index in [-0.39, 0.29) is 5.91 Å². The lowest BCUT2D eigenvalue weighted by Gasteiger charge is -2.19. The van der Waals surface area contributed by atoms with Crippen LogP contribution in [-0.4, -0.2) is 15.7 Å². The Balaban J connectivity index is 2.03. The molecule has 0 saturated carbocycles. The molecule has 20 heavy (non-hydrogen) atoms. The second kappa shape index (κ2) is 4.67. The summed E-state index contributed by atoms with van der Waals surface area (Å²) < 4.78 is 1.81. The van der Waals surface area contributed by atoms with Gasteiger partial charge in [0.2, 0.25) is 5.91 Å². The van der Waals surface area contributed by atoms with Crippen molar-refractivity contribution in [1.82, 2.24) is 9.78 Å². The molecule has 0 saturated heterocycles. The van der Waals surface area contributed by atoms with E-state index in [0.717, 1.165) is 29.1 Å². The van der Waals surface area contributed by atoms with Gasteiger partial charge in [-0.15, -0.1) is 0 Å². The normalized spacial score (nSPS) is 14.2. The molecule has 3 rings (SSSR count). The van der Waals surface area contributed by atoms with E-state index >= 15 is 0 Å². The highest BCUT2D eigenvalue weighted by Crippen LogP contribution is 2.30. The summed E-state index contributed by atoms with van der Waals surface area (Å²) in [6, 6.07) is 5.84. The number of aryl methyl sites for hydroxylation is 1. The Bertz CT molecular complexity index is 673. The highest BCUT2D eigenvalue weighted by Gasteiger charge is 2.17. The largest absolute Gasteiger partial charge is 0.397 e. The van der Waals surface area contributed by atoms with Crippen molar-refractivity contribution in [3.05, 3.63) is 35.7 Å². The minimum absolute atomic E-state index is 0.0471. The van der Waals surface area contributed by atoms with Crippen molar-refractivity contribution in [3.8, 4) is 5.69 Å². The Labute approximate surface area is 117 Å². The topological polar surface area (TPSA) is 72.9 Å². The second-order valence-electron chi connectivity index (χ2n) is 5.46. The van der Waals surface area contributed by atoms with Crippen LogP contribution in [0.15, 0.2) is 24.4 Å². The van der Waals surface area contributed by atoms with Gasteiger partial charge in [-0.2, -0.15) is 5.10 Å². The van der Waals surface area contributed by atoms with Crippen LogP contribution in [-0.2, 0) is 11.2 Å². The standard InChI is InChI=1S/C15H18N4O/c1-9(2)12-5-6-19(18-12)14-7-10-3-4-15(20)17-13(10)8-11(14)16/h5-9H,3-4,16H2,1-2H3,(H,17,20). The zero-order valence-corrected chi connectivity index (χ0v) is 11.7. The van der Waals surface area contributed by atoms with Crippen LogP contribution in [0.4, 0.5) is 11.4 Å². The predicted molar refractivity (Wildman–Crippen MR) is 79.0 cm³/mol. The zero-order chi connectivity index (χ0) is 14.3. The molecule has 5 nitrogen and oxygen atoms in total. The molecule has 1 aromatic heterocycles. The number of carbonyl (C=O) groups excluding carboxylic acids is 1. The van der Waals surface area contributed by atoms with Gasteiger partial charge in [0.15, 0.2) is 0 Å². The molecule has 5 heteroatoms. The summed E-state index contributed by atoms with van der Waals surface area (Å²) >= 11 is 0. The molecule has 1 aliphatic heterocycles. The third-order valence-corrected chi connectivity index (χ3v) is 3.60. The minimum Gasteiger partial charge on any atom is -0.397 e. The van der Waals surface area contributed by atoms with Crippen LogP contribution in [0.1, 0.15) is 37.4 Å². The summed E-state index contributed by atoms with van der Waals surface area (Å²) in [4.78, 5) is 11.4. The smallest absolute Gasteiger partial charge is 0.224 e. The van der Waals surface area contributed by atoms with E-state index in [9.17, 15) is 4.79 Å². The highest BCUT2D eigenvalue weighted by atomic mass is 16.1. The number of rotatable bonds is 2. The fourth-order valence-corrected chi connectivity index (χ4v) is 2.41. The lowest BCUT2D eigenvalue weighted by atomic mass is 10.0. The first-order valence-electron chi connectivity index (χ1n) is 6.83. The van der Waals surface area contributed by atoms with Gasteiger partial charge in [-0.1, -0.05) is 13.8 Å². The summed E-state index contributed by atoms with van der Waals surface area (Å²) in [6.07, 6.45) is 3.19. The Morgan fingerprint density at radius 3 is 2.85 bits per heavy atom. The number of benzene rings is 1. The van der Waals surface area contributed by atoms with Crippen molar-refractivity contribution in [3.63, 3.8) is 0 Å². The first kappa shape index (κ1) is 12.7. The van der Waals surface area contributed by atoms with Crippen LogP contribution in [0.3, 0.4) is 0 Å². The summed E-state index contributed by atoms with van der Waals surface area (Å²) in [5.74, 6) is 0.431. The van der Waals surface area contributed by atoms with Crippen molar-refractivity contribution in [2.24, 2.45) is 0 Å². The second-order valence-corrected chi connectivity index (χ2v) is 5.46. The SMILES string of the molecule is CC(C)c1ccn(-c2cc3c(cc2N)NC(=O)CC3)n1. The molecule has 0 aliphatic carbocycles. The Hall–Kier alpha value is -2.30. The minimum atomic E-state index is 0.0471. The Kier molecular flexibility index (Phi) is 2.97. The average Bonchev–Trinajstić information content (AvgIpc) is 2.87. The summed E-state index contributed by atoms with van der Waals surface area (Å²) in [5.41, 5.74) is 10.5. The van der Waals surface area contributed by atoms with E-state index in [2.05, 4.69) is 24.3 Å². The van der Waals surface area contributed by atoms with Crippen LogP contribution < -0.4 is 11.1 Å². The molecular formula is C15H18N4O. The van der Waals surface area contributed by atoms with Crippen LogP contribution >= 0.6 is 0 Å². The molecule has 2 heterocycles. The Morgan fingerprint density at radius 1 is 1.35 bits per heavy atom. The lowest BCUT2D eigenvalue weighted by molar-refractivity contribution is -0.116. The summed E-state index contributed by atoms with van der Waals surface area (Å²) in [5, 5.41) is 7.41. The summed E-state index contributed by atoms with van der Waals surface area (Å²) in [7, 11) is 0. The zero-order valence-electron chi connectivity index (χ0n) is 11.7. The maximum Gasteiger partial charge on any atom is 0.224 e. The van der Waals surface area contributed by atoms with Crippen LogP contribution in [0.25, 0.3) is 5.69 Å². The molecule has 0 bridgehead atoms. The fourth-order valence-electron chi connectivity index (χ4n) is 2.41. The van der Waals surface area contributed by atoms with Crippen molar-refractivity contribution in [2.75, 3.05) is 11.1 Å². The quantitative estimate of drug-likeness (QED) is 0.823. The van der Waals surface area contributed by atoms with E-state index in [1.165, 1.54) is 0 Å². The van der Waals surface area contributed by atoms with Gasteiger partial charge in [0.1, 0.15) is 0 Å². The number of nitrogens with zero attached hydrogens (tertiary/aromatic N) is 2. The number of carbonyl (C=O) groups is 1. The summed E-state index contributed by atoms with van der Waals surface area (Å²) in [6.45, 7) is 4.22. The lowest BCUT2D eigenvalue weighted by Crippen LogP contribution is -2.19. The first-order valence-corrected chi connectivity index (χ1v) is 6.83. The van der Waals surface area contributed by atoms with Crippen LogP contribution in [0.2, 0.25) is 0 Å². The molecule has 0 fully saturated rings. The van der Waals surface area contributed by atoms with Gasteiger partial charge in [0.25, 0.3) is 0 Å². The third-order valence-electron chi connectivity index (χ3n) is 3.60. The molecule has 0 radical (unpaired) electrons. The average molecular weight is 270 g/mol.